The average molecular weight is 233 g/mol. The van der Waals surface area contributed by atoms with Crippen LogP contribution in [0.5, 0.6) is 5.75 Å². The summed E-state index contributed by atoms with van der Waals surface area (Å²) in [4.78, 5) is 4.13. The third kappa shape index (κ3) is 1.93. The van der Waals surface area contributed by atoms with E-state index in [2.05, 4.69) is 4.98 Å². The van der Waals surface area contributed by atoms with Crippen LogP contribution in [0.15, 0.2) is 18.5 Å². The fourth-order valence-electron chi connectivity index (χ4n) is 3.64. The predicted octanol–water partition coefficient (Wildman–Crippen LogP) is 2.56. The van der Waals surface area contributed by atoms with Gasteiger partial charge in [-0.1, -0.05) is 6.42 Å². The summed E-state index contributed by atoms with van der Waals surface area (Å²) in [5.74, 6) is 2.74. The van der Waals surface area contributed by atoms with Gasteiger partial charge in [-0.3, -0.25) is 4.98 Å². The molecule has 4 atom stereocenters. The molecular weight excluding hydrogens is 214 g/mol. The van der Waals surface area contributed by atoms with Gasteiger partial charge in [-0.05, 0) is 43.1 Å². The van der Waals surface area contributed by atoms with Crippen molar-refractivity contribution in [2.75, 3.05) is 7.11 Å². The summed E-state index contributed by atoms with van der Waals surface area (Å²) >= 11 is 0. The van der Waals surface area contributed by atoms with Crippen molar-refractivity contribution in [3.8, 4) is 5.75 Å². The molecule has 1 aromatic heterocycles. The van der Waals surface area contributed by atoms with Crippen molar-refractivity contribution in [2.45, 2.75) is 31.8 Å². The molecule has 17 heavy (non-hydrogen) atoms. The minimum Gasteiger partial charge on any atom is -0.495 e. The fraction of sp³-hybridized carbons (Fsp3) is 0.643. The highest BCUT2D eigenvalue weighted by molar-refractivity contribution is 5.25. The van der Waals surface area contributed by atoms with Crippen molar-refractivity contribution in [2.24, 2.45) is 17.8 Å². The van der Waals surface area contributed by atoms with Gasteiger partial charge in [0.15, 0.2) is 0 Å². The van der Waals surface area contributed by atoms with Crippen LogP contribution in [0.3, 0.4) is 0 Å². The van der Waals surface area contributed by atoms with Crippen molar-refractivity contribution in [1.82, 2.24) is 4.98 Å². The number of fused-ring (bicyclic) bond motifs is 2. The third-order valence-electron chi connectivity index (χ3n) is 4.51. The Balaban J connectivity index is 1.79. The molecule has 0 aromatic carbocycles. The molecule has 3 rings (SSSR count). The first-order chi connectivity index (χ1) is 8.28. The monoisotopic (exact) mass is 233 g/mol. The number of nitrogens with zero attached hydrogens (tertiary/aromatic N) is 1. The number of hydrogen-bond donors (Lipinski definition) is 1. The van der Waals surface area contributed by atoms with Crippen LogP contribution in [0.1, 0.15) is 37.4 Å². The van der Waals surface area contributed by atoms with Gasteiger partial charge in [0.1, 0.15) is 5.75 Å². The molecule has 2 aliphatic carbocycles. The Hall–Kier alpha value is -1.09. The smallest absolute Gasteiger partial charge is 0.137 e. The highest BCUT2D eigenvalue weighted by Crippen LogP contribution is 2.52. The van der Waals surface area contributed by atoms with E-state index in [9.17, 15) is 5.11 Å². The second kappa shape index (κ2) is 4.30. The van der Waals surface area contributed by atoms with Crippen molar-refractivity contribution in [3.05, 3.63) is 24.0 Å². The molecule has 1 heterocycles. The van der Waals surface area contributed by atoms with Crippen LogP contribution in [0.4, 0.5) is 0 Å². The minimum absolute atomic E-state index is 0.368. The first-order valence-corrected chi connectivity index (χ1v) is 6.45. The lowest BCUT2D eigenvalue weighted by Crippen LogP contribution is -2.19. The van der Waals surface area contributed by atoms with Gasteiger partial charge >= 0.3 is 0 Å². The lowest BCUT2D eigenvalue weighted by atomic mass is 9.82. The Morgan fingerprint density at radius 3 is 2.88 bits per heavy atom. The molecule has 2 fully saturated rings. The maximum atomic E-state index is 10.5. The fourth-order valence-corrected chi connectivity index (χ4v) is 3.64. The Morgan fingerprint density at radius 1 is 1.35 bits per heavy atom. The number of rotatable bonds is 3. The summed E-state index contributed by atoms with van der Waals surface area (Å²) < 4.78 is 5.16. The lowest BCUT2D eigenvalue weighted by Gasteiger charge is -2.26. The third-order valence-corrected chi connectivity index (χ3v) is 4.51. The number of aliphatic hydroxyl groups excluding tert-OH is 1. The van der Waals surface area contributed by atoms with Crippen LogP contribution in [0, 0.1) is 17.8 Å². The summed E-state index contributed by atoms with van der Waals surface area (Å²) in [7, 11) is 1.63. The Morgan fingerprint density at radius 2 is 2.24 bits per heavy atom. The Kier molecular flexibility index (Phi) is 2.79. The minimum atomic E-state index is -0.368. The molecular formula is C14H19NO2. The predicted molar refractivity (Wildman–Crippen MR) is 64.7 cm³/mol. The second-order valence-corrected chi connectivity index (χ2v) is 5.44. The lowest BCUT2D eigenvalue weighted by molar-refractivity contribution is 0.0740. The van der Waals surface area contributed by atoms with E-state index in [1.807, 2.05) is 6.07 Å². The van der Waals surface area contributed by atoms with E-state index in [1.165, 1.54) is 25.7 Å². The van der Waals surface area contributed by atoms with Crippen LogP contribution in [0.25, 0.3) is 0 Å². The van der Waals surface area contributed by atoms with Crippen LogP contribution in [-0.4, -0.2) is 17.2 Å². The zero-order valence-electron chi connectivity index (χ0n) is 10.2. The van der Waals surface area contributed by atoms with Crippen LogP contribution in [0.2, 0.25) is 0 Å². The van der Waals surface area contributed by atoms with E-state index >= 15 is 0 Å². The molecule has 0 saturated heterocycles. The number of aliphatic hydroxyl groups is 1. The largest absolute Gasteiger partial charge is 0.495 e. The zero-order chi connectivity index (χ0) is 11.8. The van der Waals surface area contributed by atoms with E-state index in [0.29, 0.717) is 5.92 Å². The number of ether oxygens (including phenoxy) is 1. The van der Waals surface area contributed by atoms with Gasteiger partial charge in [0.05, 0.1) is 19.4 Å². The quantitative estimate of drug-likeness (QED) is 0.872. The van der Waals surface area contributed by atoms with Crippen molar-refractivity contribution in [1.29, 1.82) is 0 Å². The van der Waals surface area contributed by atoms with E-state index in [0.717, 1.165) is 23.1 Å². The molecule has 0 spiro atoms. The molecule has 0 amide bonds. The van der Waals surface area contributed by atoms with Gasteiger partial charge in [0.25, 0.3) is 0 Å². The first-order valence-electron chi connectivity index (χ1n) is 6.45. The summed E-state index contributed by atoms with van der Waals surface area (Å²) in [6.07, 6.45) is 8.24. The molecule has 1 N–H and O–H groups in total. The Labute approximate surface area is 102 Å². The summed E-state index contributed by atoms with van der Waals surface area (Å²) in [5, 5.41) is 10.5. The van der Waals surface area contributed by atoms with Gasteiger partial charge < -0.3 is 9.84 Å². The molecule has 2 aliphatic rings. The van der Waals surface area contributed by atoms with E-state index in [-0.39, 0.29) is 6.10 Å². The molecule has 0 radical (unpaired) electrons. The van der Waals surface area contributed by atoms with Gasteiger partial charge in [-0.15, -0.1) is 0 Å². The van der Waals surface area contributed by atoms with Gasteiger partial charge in [0, 0.05) is 11.8 Å². The summed E-state index contributed by atoms with van der Waals surface area (Å²) in [6.45, 7) is 0. The molecule has 92 valence electrons. The highest BCUT2D eigenvalue weighted by atomic mass is 16.5. The molecule has 3 nitrogen and oxygen atoms in total. The van der Waals surface area contributed by atoms with E-state index in [1.54, 1.807) is 19.5 Å². The molecule has 2 bridgehead atoms. The number of hydrogen-bond acceptors (Lipinski definition) is 3. The molecule has 2 saturated carbocycles. The van der Waals surface area contributed by atoms with E-state index < -0.39 is 0 Å². The van der Waals surface area contributed by atoms with Crippen LogP contribution < -0.4 is 4.74 Å². The summed E-state index contributed by atoms with van der Waals surface area (Å²) in [5.41, 5.74) is 0.905. The SMILES string of the molecule is COc1cncc(C(O)C2CC3CCC2C3)c1. The van der Waals surface area contributed by atoms with Gasteiger partial charge in [-0.2, -0.15) is 0 Å². The maximum Gasteiger partial charge on any atom is 0.137 e. The Bertz CT molecular complexity index is 407. The summed E-state index contributed by atoms with van der Waals surface area (Å²) in [6, 6.07) is 1.91. The normalized spacial score (nSPS) is 32.7. The molecule has 0 aliphatic heterocycles. The zero-order valence-corrected chi connectivity index (χ0v) is 10.2. The number of pyridine rings is 1. The second-order valence-electron chi connectivity index (χ2n) is 5.44. The van der Waals surface area contributed by atoms with Crippen molar-refractivity contribution in [3.63, 3.8) is 0 Å². The average Bonchev–Trinajstić information content (AvgIpc) is 3.00. The maximum absolute atomic E-state index is 10.5. The van der Waals surface area contributed by atoms with Gasteiger partial charge in [-0.25, -0.2) is 0 Å². The topological polar surface area (TPSA) is 42.4 Å². The number of methoxy groups -OCH3 is 1. The van der Waals surface area contributed by atoms with Crippen LogP contribution in [-0.2, 0) is 0 Å². The number of aromatic nitrogens is 1. The molecule has 1 aromatic rings. The standard InChI is InChI=1S/C14H19NO2/c1-17-12-6-11(7-15-8-12)14(16)13-5-9-2-3-10(13)4-9/h6-10,13-14,16H,2-5H2,1H3. The van der Waals surface area contributed by atoms with E-state index in [4.69, 9.17) is 4.74 Å². The van der Waals surface area contributed by atoms with Crippen molar-refractivity contribution >= 4 is 0 Å². The highest BCUT2D eigenvalue weighted by Gasteiger charge is 2.43. The van der Waals surface area contributed by atoms with Crippen LogP contribution >= 0.6 is 0 Å². The first kappa shape index (κ1) is 11.0. The molecule has 3 heteroatoms. The molecule has 4 unspecified atom stereocenters. The van der Waals surface area contributed by atoms with Gasteiger partial charge in [0.2, 0.25) is 0 Å². The van der Waals surface area contributed by atoms with Crippen molar-refractivity contribution < 1.29 is 9.84 Å².